The number of hydrogen-bond acceptors (Lipinski definition) is 4. The summed E-state index contributed by atoms with van der Waals surface area (Å²) in [5, 5.41) is 0. The van der Waals surface area contributed by atoms with E-state index in [1.807, 2.05) is 36.4 Å². The lowest BCUT2D eigenvalue weighted by atomic mass is 9.79. The van der Waals surface area contributed by atoms with Crippen LogP contribution in [0.15, 0.2) is 41.3 Å². The molecule has 0 radical (unpaired) electrons. The van der Waals surface area contributed by atoms with Gasteiger partial charge in [0.05, 0.1) is 17.4 Å². The average Bonchev–Trinajstić information content (AvgIpc) is 3.04. The molecule has 3 rings (SSSR count). The van der Waals surface area contributed by atoms with Crippen molar-refractivity contribution < 1.29 is 13.7 Å². The number of oxazole rings is 1. The van der Waals surface area contributed by atoms with Crippen molar-refractivity contribution in [2.45, 2.75) is 38.9 Å². The number of rotatable bonds is 3. The standard InChI is InChI=1S/C17H20BNO3/c1-16(2)17(3,4)22-18(21-16)14-8-5-13(6-9-14)7-10-15-11-19-12-20-15/h5-12H,1-4H3/b10-7+. The maximum atomic E-state index is 6.05. The predicted molar refractivity (Wildman–Crippen MR) is 87.6 cm³/mol. The lowest BCUT2D eigenvalue weighted by Crippen LogP contribution is -2.41. The minimum atomic E-state index is -0.322. The first-order valence-corrected chi connectivity index (χ1v) is 7.40. The van der Waals surface area contributed by atoms with E-state index < -0.39 is 0 Å². The number of aromatic nitrogens is 1. The van der Waals surface area contributed by atoms with Crippen LogP contribution in [0.2, 0.25) is 0 Å². The summed E-state index contributed by atoms with van der Waals surface area (Å²) in [6, 6.07) is 8.13. The highest BCUT2D eigenvalue weighted by molar-refractivity contribution is 6.62. The monoisotopic (exact) mass is 297 g/mol. The Labute approximate surface area is 131 Å². The molecular formula is C17H20BNO3. The highest BCUT2D eigenvalue weighted by Crippen LogP contribution is 2.36. The molecule has 0 spiro atoms. The van der Waals surface area contributed by atoms with Gasteiger partial charge in [0.1, 0.15) is 5.76 Å². The molecule has 5 heteroatoms. The smallest absolute Gasteiger partial charge is 0.444 e. The molecule has 2 heterocycles. The van der Waals surface area contributed by atoms with Crippen molar-refractivity contribution in [3.8, 4) is 0 Å². The van der Waals surface area contributed by atoms with E-state index in [1.165, 1.54) is 6.39 Å². The fourth-order valence-corrected chi connectivity index (χ4v) is 2.23. The van der Waals surface area contributed by atoms with Gasteiger partial charge >= 0.3 is 7.12 Å². The topological polar surface area (TPSA) is 44.5 Å². The molecule has 1 saturated heterocycles. The minimum absolute atomic E-state index is 0.317. The fourth-order valence-electron chi connectivity index (χ4n) is 2.23. The van der Waals surface area contributed by atoms with E-state index in [-0.39, 0.29) is 18.3 Å². The summed E-state index contributed by atoms with van der Waals surface area (Å²) in [7, 11) is -0.322. The molecule has 114 valence electrons. The summed E-state index contributed by atoms with van der Waals surface area (Å²) in [6.07, 6.45) is 6.96. The van der Waals surface area contributed by atoms with Crippen LogP contribution in [-0.4, -0.2) is 23.3 Å². The molecule has 0 amide bonds. The molecule has 0 bridgehead atoms. The molecule has 1 aromatic heterocycles. The van der Waals surface area contributed by atoms with Crippen LogP contribution in [0.1, 0.15) is 39.0 Å². The molecule has 1 fully saturated rings. The van der Waals surface area contributed by atoms with Gasteiger partial charge in [-0.25, -0.2) is 4.98 Å². The van der Waals surface area contributed by atoms with Gasteiger partial charge in [0.15, 0.2) is 6.39 Å². The molecule has 0 aliphatic carbocycles. The normalized spacial score (nSPS) is 19.9. The van der Waals surface area contributed by atoms with Gasteiger partial charge in [-0.3, -0.25) is 0 Å². The predicted octanol–water partition coefficient (Wildman–Crippen LogP) is 3.14. The van der Waals surface area contributed by atoms with Gasteiger partial charge in [0.2, 0.25) is 0 Å². The number of hydrogen-bond donors (Lipinski definition) is 0. The second-order valence-corrected chi connectivity index (χ2v) is 6.49. The van der Waals surface area contributed by atoms with Crippen LogP contribution in [0.5, 0.6) is 0 Å². The molecule has 2 aromatic rings. The first-order valence-electron chi connectivity index (χ1n) is 7.40. The van der Waals surface area contributed by atoms with Gasteiger partial charge in [0.25, 0.3) is 0 Å². The summed E-state index contributed by atoms with van der Waals surface area (Å²) < 4.78 is 17.3. The minimum Gasteiger partial charge on any atom is -0.444 e. The maximum absolute atomic E-state index is 6.05. The molecule has 0 N–H and O–H groups in total. The summed E-state index contributed by atoms with van der Waals surface area (Å²) in [5.74, 6) is 0.732. The van der Waals surface area contributed by atoms with Crippen molar-refractivity contribution in [3.05, 3.63) is 48.2 Å². The quantitative estimate of drug-likeness (QED) is 0.816. The largest absolute Gasteiger partial charge is 0.494 e. The number of benzene rings is 1. The van der Waals surface area contributed by atoms with E-state index in [4.69, 9.17) is 13.7 Å². The van der Waals surface area contributed by atoms with Crippen molar-refractivity contribution in [1.82, 2.24) is 4.98 Å². The van der Waals surface area contributed by atoms with Crippen LogP contribution < -0.4 is 5.46 Å². The van der Waals surface area contributed by atoms with E-state index in [2.05, 4.69) is 32.7 Å². The van der Waals surface area contributed by atoms with Gasteiger partial charge in [-0.05, 0) is 44.8 Å². The Morgan fingerprint density at radius 1 is 0.955 bits per heavy atom. The van der Waals surface area contributed by atoms with Crippen molar-refractivity contribution in [3.63, 3.8) is 0 Å². The third kappa shape index (κ3) is 2.87. The summed E-state index contributed by atoms with van der Waals surface area (Å²) in [5.41, 5.74) is 1.47. The molecular weight excluding hydrogens is 277 g/mol. The van der Waals surface area contributed by atoms with Crippen LogP contribution in [0.25, 0.3) is 12.2 Å². The lowest BCUT2D eigenvalue weighted by Gasteiger charge is -2.32. The Kier molecular flexibility index (Phi) is 3.71. The fraction of sp³-hybridized carbons (Fsp3) is 0.353. The third-order valence-corrected chi connectivity index (χ3v) is 4.35. The maximum Gasteiger partial charge on any atom is 0.494 e. The van der Waals surface area contributed by atoms with E-state index >= 15 is 0 Å². The Hall–Kier alpha value is -1.85. The highest BCUT2D eigenvalue weighted by atomic mass is 16.7. The molecule has 0 unspecified atom stereocenters. The van der Waals surface area contributed by atoms with Crippen LogP contribution in [0, 0.1) is 0 Å². The van der Waals surface area contributed by atoms with Crippen molar-refractivity contribution >= 4 is 24.7 Å². The van der Waals surface area contributed by atoms with E-state index in [0.717, 1.165) is 16.8 Å². The average molecular weight is 297 g/mol. The highest BCUT2D eigenvalue weighted by Gasteiger charge is 2.51. The van der Waals surface area contributed by atoms with Crippen LogP contribution in [0.3, 0.4) is 0 Å². The lowest BCUT2D eigenvalue weighted by molar-refractivity contribution is 0.00578. The van der Waals surface area contributed by atoms with Gasteiger partial charge in [-0.2, -0.15) is 0 Å². The molecule has 0 atom stereocenters. The van der Waals surface area contributed by atoms with Crippen LogP contribution in [-0.2, 0) is 9.31 Å². The molecule has 1 aromatic carbocycles. The molecule has 4 nitrogen and oxygen atoms in total. The molecule has 1 aliphatic heterocycles. The molecule has 1 aliphatic rings. The van der Waals surface area contributed by atoms with Crippen molar-refractivity contribution in [2.75, 3.05) is 0 Å². The first-order chi connectivity index (χ1) is 10.4. The zero-order valence-electron chi connectivity index (χ0n) is 13.4. The third-order valence-electron chi connectivity index (χ3n) is 4.35. The van der Waals surface area contributed by atoms with Gasteiger partial charge in [0, 0.05) is 0 Å². The van der Waals surface area contributed by atoms with E-state index in [0.29, 0.717) is 0 Å². The summed E-state index contributed by atoms with van der Waals surface area (Å²) >= 11 is 0. The SMILES string of the molecule is CC1(C)OB(c2ccc(/C=C/c3cnco3)cc2)OC1(C)C. The first kappa shape index (κ1) is 15.1. The zero-order chi connectivity index (χ0) is 15.8. The molecule has 22 heavy (non-hydrogen) atoms. The number of nitrogens with zero attached hydrogens (tertiary/aromatic N) is 1. The molecule has 0 saturated carbocycles. The van der Waals surface area contributed by atoms with Crippen LogP contribution in [0.4, 0.5) is 0 Å². The Morgan fingerprint density at radius 3 is 2.14 bits per heavy atom. The second-order valence-electron chi connectivity index (χ2n) is 6.49. The van der Waals surface area contributed by atoms with Gasteiger partial charge in [-0.15, -0.1) is 0 Å². The van der Waals surface area contributed by atoms with E-state index in [9.17, 15) is 0 Å². The second kappa shape index (κ2) is 5.41. The van der Waals surface area contributed by atoms with Crippen LogP contribution >= 0.6 is 0 Å². The Bertz CT molecular complexity index is 644. The van der Waals surface area contributed by atoms with Crippen molar-refractivity contribution in [1.29, 1.82) is 0 Å². The Balaban J connectivity index is 1.73. The van der Waals surface area contributed by atoms with Gasteiger partial charge < -0.3 is 13.7 Å². The summed E-state index contributed by atoms with van der Waals surface area (Å²) in [6.45, 7) is 8.23. The summed E-state index contributed by atoms with van der Waals surface area (Å²) in [4.78, 5) is 3.88. The zero-order valence-corrected chi connectivity index (χ0v) is 13.4. The van der Waals surface area contributed by atoms with Crippen molar-refractivity contribution in [2.24, 2.45) is 0 Å². The van der Waals surface area contributed by atoms with Gasteiger partial charge in [-0.1, -0.05) is 30.3 Å². The van der Waals surface area contributed by atoms with E-state index in [1.54, 1.807) is 6.20 Å². The Morgan fingerprint density at radius 2 is 1.59 bits per heavy atom.